The number of nitrogens with zero attached hydrogens (tertiary/aromatic N) is 7. The number of rotatable bonds is 9. The van der Waals surface area contributed by atoms with Gasteiger partial charge in [0, 0.05) is 68.0 Å². The molecular formula is C32H36F2N8O4. The molecule has 242 valence electrons. The van der Waals surface area contributed by atoms with Crippen LogP contribution in [0.15, 0.2) is 42.7 Å². The highest BCUT2D eigenvalue weighted by atomic mass is 19.1. The van der Waals surface area contributed by atoms with Crippen molar-refractivity contribution >= 4 is 28.2 Å². The van der Waals surface area contributed by atoms with Gasteiger partial charge < -0.3 is 29.2 Å². The second kappa shape index (κ2) is 12.6. The monoisotopic (exact) mass is 634 g/mol. The van der Waals surface area contributed by atoms with Crippen LogP contribution in [0.25, 0.3) is 16.6 Å². The molecule has 0 radical (unpaired) electrons. The van der Waals surface area contributed by atoms with Crippen molar-refractivity contribution in [3.8, 4) is 17.2 Å². The molecule has 0 spiro atoms. The number of hydrogen-bond donors (Lipinski definition) is 1. The van der Waals surface area contributed by atoms with E-state index >= 15 is 4.39 Å². The number of fused-ring (bicyclic) bond motifs is 3. The van der Waals surface area contributed by atoms with E-state index in [1.807, 2.05) is 27.9 Å². The first-order valence-corrected chi connectivity index (χ1v) is 15.3. The summed E-state index contributed by atoms with van der Waals surface area (Å²) in [6, 6.07) is 8.70. The van der Waals surface area contributed by atoms with Crippen molar-refractivity contribution in [2.75, 3.05) is 57.8 Å². The molecule has 2 aliphatic rings. The molecule has 7 rings (SSSR count). The largest absolute Gasteiger partial charge is 0.497 e. The summed E-state index contributed by atoms with van der Waals surface area (Å²) in [5.41, 5.74) is 2.60. The van der Waals surface area contributed by atoms with Crippen molar-refractivity contribution in [2.45, 2.75) is 43.9 Å². The minimum Gasteiger partial charge on any atom is -0.497 e. The lowest BCUT2D eigenvalue weighted by Crippen LogP contribution is -2.41. The molecule has 1 N–H and O–H groups in total. The minimum absolute atomic E-state index is 0.0661. The number of ether oxygens (including phenoxy) is 4. The van der Waals surface area contributed by atoms with E-state index in [9.17, 15) is 4.39 Å². The Morgan fingerprint density at radius 3 is 2.61 bits per heavy atom. The SMILES string of the molecule is COc1ccc(CNc2nc3cc(OC)c(F)cc3c3nc(C4CC(F)CN(c5cnn(C6CCOCC6)c5)C4)nn23)c(OC)c1. The van der Waals surface area contributed by atoms with E-state index in [1.165, 1.54) is 19.2 Å². The van der Waals surface area contributed by atoms with Gasteiger partial charge in [0.05, 0.1) is 44.8 Å². The molecule has 2 saturated heterocycles. The maximum absolute atomic E-state index is 15.3. The Balaban J connectivity index is 1.23. The molecule has 0 amide bonds. The first kappa shape index (κ1) is 30.0. The predicted molar refractivity (Wildman–Crippen MR) is 167 cm³/mol. The van der Waals surface area contributed by atoms with Crippen molar-refractivity contribution in [1.29, 1.82) is 0 Å². The fraction of sp³-hybridized carbons (Fsp3) is 0.438. The summed E-state index contributed by atoms with van der Waals surface area (Å²) in [7, 11) is 4.60. The summed E-state index contributed by atoms with van der Waals surface area (Å²) >= 11 is 0. The zero-order chi connectivity index (χ0) is 31.8. The molecule has 2 atom stereocenters. The topological polar surface area (TPSA) is 113 Å². The van der Waals surface area contributed by atoms with E-state index in [0.29, 0.717) is 66.1 Å². The van der Waals surface area contributed by atoms with Crippen LogP contribution in [0.4, 0.5) is 20.4 Å². The van der Waals surface area contributed by atoms with Gasteiger partial charge in [0.25, 0.3) is 0 Å². The van der Waals surface area contributed by atoms with Crippen LogP contribution in [0.1, 0.15) is 42.6 Å². The Labute approximate surface area is 264 Å². The van der Waals surface area contributed by atoms with Gasteiger partial charge in [-0.1, -0.05) is 0 Å². The standard InChI is InChI=1S/C32H36F2N8O4/c1-43-24-5-4-19(28(11-24)44-2)14-35-32-37-27-13-29(45-3)26(34)12-25(27)31-38-30(39-42(31)32)20-10-21(33)17-40(16-20)23-15-36-41(18-23)22-6-8-46-9-7-22/h4-5,11-13,15,18,20-22H,6-10,14,16-17H2,1-3H3,(H,35,37). The lowest BCUT2D eigenvalue weighted by atomic mass is 9.96. The third-order valence-corrected chi connectivity index (χ3v) is 8.78. The fourth-order valence-electron chi connectivity index (χ4n) is 6.32. The Morgan fingerprint density at radius 2 is 1.83 bits per heavy atom. The number of anilines is 2. The molecular weight excluding hydrogens is 598 g/mol. The predicted octanol–water partition coefficient (Wildman–Crippen LogP) is 4.93. The van der Waals surface area contributed by atoms with Crippen LogP contribution in [-0.2, 0) is 11.3 Å². The molecule has 12 nitrogen and oxygen atoms in total. The number of methoxy groups -OCH3 is 3. The maximum Gasteiger partial charge on any atom is 0.226 e. The van der Waals surface area contributed by atoms with Gasteiger partial charge in [-0.25, -0.2) is 18.7 Å². The lowest BCUT2D eigenvalue weighted by Gasteiger charge is -2.34. The summed E-state index contributed by atoms with van der Waals surface area (Å²) in [4.78, 5) is 11.6. The molecule has 0 bridgehead atoms. The number of aromatic nitrogens is 6. The third kappa shape index (κ3) is 5.72. The number of alkyl halides is 1. The van der Waals surface area contributed by atoms with E-state index in [4.69, 9.17) is 34.0 Å². The molecule has 2 fully saturated rings. The van der Waals surface area contributed by atoms with Crippen LogP contribution < -0.4 is 24.4 Å². The van der Waals surface area contributed by atoms with Gasteiger partial charge in [-0.3, -0.25) is 4.68 Å². The van der Waals surface area contributed by atoms with Crippen molar-refractivity contribution < 1.29 is 27.7 Å². The van der Waals surface area contributed by atoms with Gasteiger partial charge in [0.15, 0.2) is 23.0 Å². The van der Waals surface area contributed by atoms with E-state index in [2.05, 4.69) is 10.4 Å². The van der Waals surface area contributed by atoms with Gasteiger partial charge in [-0.05, 0) is 37.5 Å². The molecule has 46 heavy (non-hydrogen) atoms. The summed E-state index contributed by atoms with van der Waals surface area (Å²) in [5, 5.41) is 13.2. The molecule has 0 aliphatic carbocycles. The highest BCUT2D eigenvalue weighted by Gasteiger charge is 2.32. The Kier molecular flexibility index (Phi) is 8.20. The minimum atomic E-state index is -1.09. The third-order valence-electron chi connectivity index (χ3n) is 8.78. The number of hydrogen-bond acceptors (Lipinski definition) is 10. The van der Waals surface area contributed by atoms with Crippen molar-refractivity contribution in [1.82, 2.24) is 29.4 Å². The van der Waals surface area contributed by atoms with E-state index in [0.717, 1.165) is 24.1 Å². The zero-order valence-electron chi connectivity index (χ0n) is 25.9. The first-order valence-electron chi connectivity index (χ1n) is 15.3. The van der Waals surface area contributed by atoms with Gasteiger partial charge in [-0.15, -0.1) is 5.10 Å². The van der Waals surface area contributed by atoms with E-state index in [1.54, 1.807) is 31.0 Å². The van der Waals surface area contributed by atoms with Gasteiger partial charge in [-0.2, -0.15) is 9.61 Å². The van der Waals surface area contributed by atoms with Crippen molar-refractivity contribution in [2.24, 2.45) is 0 Å². The quantitative estimate of drug-likeness (QED) is 0.239. The zero-order valence-corrected chi connectivity index (χ0v) is 25.9. The van der Waals surface area contributed by atoms with Crippen molar-refractivity contribution in [3.63, 3.8) is 0 Å². The number of piperidine rings is 1. The van der Waals surface area contributed by atoms with Crippen LogP contribution in [0.3, 0.4) is 0 Å². The summed E-state index contributed by atoms with van der Waals surface area (Å²) in [6.07, 6.45) is 4.76. The Morgan fingerprint density at radius 1 is 1.00 bits per heavy atom. The van der Waals surface area contributed by atoms with Gasteiger partial charge in [0.1, 0.15) is 17.7 Å². The summed E-state index contributed by atoms with van der Waals surface area (Å²) < 4.78 is 55.4. The van der Waals surface area contributed by atoms with Crippen molar-refractivity contribution in [3.05, 3.63) is 59.9 Å². The Hall–Kier alpha value is -4.72. The highest BCUT2D eigenvalue weighted by molar-refractivity contribution is 5.93. The summed E-state index contributed by atoms with van der Waals surface area (Å²) in [6.45, 7) is 2.53. The molecule has 0 saturated carbocycles. The highest BCUT2D eigenvalue weighted by Crippen LogP contribution is 2.34. The molecule has 14 heteroatoms. The smallest absolute Gasteiger partial charge is 0.226 e. The number of nitrogens with one attached hydrogen (secondary N) is 1. The average molecular weight is 635 g/mol. The van der Waals surface area contributed by atoms with Crippen LogP contribution >= 0.6 is 0 Å². The molecule has 2 aromatic carbocycles. The van der Waals surface area contributed by atoms with Gasteiger partial charge in [0.2, 0.25) is 5.95 Å². The molecule has 5 heterocycles. The van der Waals surface area contributed by atoms with Crippen LogP contribution in [0, 0.1) is 5.82 Å². The maximum atomic E-state index is 15.3. The fourth-order valence-corrected chi connectivity index (χ4v) is 6.32. The second-order valence-electron chi connectivity index (χ2n) is 11.6. The number of halogens is 2. The van der Waals surface area contributed by atoms with E-state index in [-0.39, 0.29) is 30.7 Å². The molecule has 5 aromatic rings. The average Bonchev–Trinajstić information content (AvgIpc) is 3.76. The first-order chi connectivity index (χ1) is 22.4. The summed E-state index contributed by atoms with van der Waals surface area (Å²) in [5.74, 6) is 1.36. The molecule has 2 aliphatic heterocycles. The van der Waals surface area contributed by atoms with Crippen LogP contribution in [-0.4, -0.2) is 83.2 Å². The van der Waals surface area contributed by atoms with E-state index < -0.39 is 12.0 Å². The lowest BCUT2D eigenvalue weighted by molar-refractivity contribution is 0.0662. The van der Waals surface area contributed by atoms with Crippen LogP contribution in [0.2, 0.25) is 0 Å². The normalized spacial score (nSPS) is 19.1. The molecule has 3 aromatic heterocycles. The number of benzene rings is 2. The second-order valence-corrected chi connectivity index (χ2v) is 11.6. The van der Waals surface area contributed by atoms with Gasteiger partial charge >= 0.3 is 0 Å². The Bertz CT molecular complexity index is 1860. The molecule has 2 unspecified atom stereocenters. The van der Waals surface area contributed by atoms with Crippen LogP contribution in [0.5, 0.6) is 17.2 Å².